The second-order valence-electron chi connectivity index (χ2n) is 7.34. The summed E-state index contributed by atoms with van der Waals surface area (Å²) in [5.41, 5.74) is 2.41. The van der Waals surface area contributed by atoms with E-state index in [4.69, 9.17) is 9.15 Å². The molecular formula is C24H28N2O4. The first kappa shape index (κ1) is 21.6. The van der Waals surface area contributed by atoms with Crippen LogP contribution in [0.4, 0.5) is 5.69 Å². The van der Waals surface area contributed by atoms with E-state index in [-0.39, 0.29) is 5.56 Å². The highest BCUT2D eigenvalue weighted by Gasteiger charge is 2.17. The molecule has 0 atom stereocenters. The van der Waals surface area contributed by atoms with Crippen molar-refractivity contribution in [3.63, 3.8) is 0 Å². The van der Waals surface area contributed by atoms with Crippen molar-refractivity contribution in [1.29, 1.82) is 0 Å². The fourth-order valence-corrected chi connectivity index (χ4v) is 3.38. The second-order valence-corrected chi connectivity index (χ2v) is 7.34. The molecule has 3 rings (SSSR count). The van der Waals surface area contributed by atoms with Gasteiger partial charge in [-0.25, -0.2) is 4.79 Å². The number of carbonyl (C=O) groups is 1. The van der Waals surface area contributed by atoms with Gasteiger partial charge in [0.15, 0.2) is 0 Å². The molecule has 0 fully saturated rings. The van der Waals surface area contributed by atoms with E-state index in [1.165, 1.54) is 0 Å². The van der Waals surface area contributed by atoms with Gasteiger partial charge in [-0.2, -0.15) is 0 Å². The Labute approximate surface area is 176 Å². The zero-order valence-electron chi connectivity index (χ0n) is 18.0. The number of nitrogens with zero attached hydrogens (tertiary/aromatic N) is 1. The minimum Gasteiger partial charge on any atom is -0.496 e. The Kier molecular flexibility index (Phi) is 6.90. The van der Waals surface area contributed by atoms with Gasteiger partial charge >= 0.3 is 5.63 Å². The van der Waals surface area contributed by atoms with E-state index in [0.29, 0.717) is 28.8 Å². The van der Waals surface area contributed by atoms with Gasteiger partial charge in [-0.05, 0) is 55.9 Å². The van der Waals surface area contributed by atoms with E-state index in [2.05, 4.69) is 24.2 Å². The predicted octanol–water partition coefficient (Wildman–Crippen LogP) is 4.46. The Morgan fingerprint density at radius 3 is 2.50 bits per heavy atom. The van der Waals surface area contributed by atoms with E-state index < -0.39 is 11.5 Å². The summed E-state index contributed by atoms with van der Waals surface area (Å²) >= 11 is 0. The van der Waals surface area contributed by atoms with Gasteiger partial charge in [-0.1, -0.05) is 32.4 Å². The Bertz CT molecular complexity index is 1090. The van der Waals surface area contributed by atoms with E-state index in [1.54, 1.807) is 19.2 Å². The van der Waals surface area contributed by atoms with Crippen LogP contribution in [0.2, 0.25) is 0 Å². The number of nitrogens with one attached hydrogen (secondary N) is 1. The Balaban J connectivity index is 1.86. The third kappa shape index (κ3) is 4.71. The number of hydrogen-bond acceptors (Lipinski definition) is 5. The molecule has 0 unspecified atom stereocenters. The van der Waals surface area contributed by atoms with Crippen LogP contribution in [0.1, 0.15) is 41.8 Å². The van der Waals surface area contributed by atoms with Crippen molar-refractivity contribution in [2.75, 3.05) is 26.0 Å². The van der Waals surface area contributed by atoms with Crippen LogP contribution in [0.5, 0.6) is 5.75 Å². The number of ether oxygens (including phenoxy) is 1. The van der Waals surface area contributed by atoms with Crippen molar-refractivity contribution in [2.45, 2.75) is 33.2 Å². The largest absolute Gasteiger partial charge is 0.496 e. The molecule has 1 N–H and O–H groups in total. The lowest BCUT2D eigenvalue weighted by Gasteiger charge is -2.14. The summed E-state index contributed by atoms with van der Waals surface area (Å²) in [5, 5.41) is 3.48. The van der Waals surface area contributed by atoms with E-state index in [9.17, 15) is 9.59 Å². The van der Waals surface area contributed by atoms with Crippen molar-refractivity contribution in [3.8, 4) is 5.75 Å². The molecule has 158 valence electrons. The lowest BCUT2D eigenvalue weighted by atomic mass is 10.0. The summed E-state index contributed by atoms with van der Waals surface area (Å²) in [6.45, 7) is 5.94. The van der Waals surface area contributed by atoms with Crippen LogP contribution >= 0.6 is 0 Å². The molecule has 6 nitrogen and oxygen atoms in total. The third-order valence-corrected chi connectivity index (χ3v) is 5.13. The first-order valence-corrected chi connectivity index (χ1v) is 10.2. The molecule has 30 heavy (non-hydrogen) atoms. The maximum absolute atomic E-state index is 12.7. The third-order valence-electron chi connectivity index (χ3n) is 5.13. The normalized spacial score (nSPS) is 11.1. The lowest BCUT2D eigenvalue weighted by molar-refractivity contribution is 0.102. The monoisotopic (exact) mass is 408 g/mol. The highest BCUT2D eigenvalue weighted by Crippen LogP contribution is 2.29. The quantitative estimate of drug-likeness (QED) is 0.557. The molecule has 0 radical (unpaired) electrons. The zero-order valence-corrected chi connectivity index (χ0v) is 18.0. The van der Waals surface area contributed by atoms with Gasteiger partial charge in [0.2, 0.25) is 0 Å². The molecule has 3 aromatic rings. The van der Waals surface area contributed by atoms with Gasteiger partial charge in [-0.3, -0.25) is 4.79 Å². The highest BCUT2D eigenvalue weighted by molar-refractivity contribution is 6.05. The topological polar surface area (TPSA) is 71.8 Å². The zero-order chi connectivity index (χ0) is 21.7. The van der Waals surface area contributed by atoms with Crippen molar-refractivity contribution in [2.24, 2.45) is 0 Å². The first-order valence-electron chi connectivity index (χ1n) is 10.2. The predicted molar refractivity (Wildman–Crippen MR) is 119 cm³/mol. The molecule has 6 heteroatoms. The van der Waals surface area contributed by atoms with Crippen LogP contribution in [0.3, 0.4) is 0 Å². The van der Waals surface area contributed by atoms with E-state index in [1.807, 2.05) is 37.3 Å². The fourth-order valence-electron chi connectivity index (χ4n) is 3.38. The van der Waals surface area contributed by atoms with E-state index in [0.717, 1.165) is 30.6 Å². The summed E-state index contributed by atoms with van der Waals surface area (Å²) in [4.78, 5) is 27.5. The molecule has 0 bridgehead atoms. The number of aryl methyl sites for hydroxylation is 1. The first-order chi connectivity index (χ1) is 14.5. The van der Waals surface area contributed by atoms with Crippen LogP contribution in [0, 0.1) is 0 Å². The molecule has 2 aromatic carbocycles. The molecule has 0 aliphatic carbocycles. The van der Waals surface area contributed by atoms with Crippen LogP contribution < -0.4 is 15.7 Å². The molecule has 0 aliphatic rings. The highest BCUT2D eigenvalue weighted by atomic mass is 16.5. The molecule has 0 saturated carbocycles. The van der Waals surface area contributed by atoms with Gasteiger partial charge in [0.25, 0.3) is 5.91 Å². The molecule has 0 spiro atoms. The minimum atomic E-state index is -0.660. The average Bonchev–Trinajstić information content (AvgIpc) is 2.75. The van der Waals surface area contributed by atoms with Gasteiger partial charge in [0, 0.05) is 23.2 Å². The van der Waals surface area contributed by atoms with Crippen LogP contribution in [0.15, 0.2) is 51.7 Å². The summed E-state index contributed by atoms with van der Waals surface area (Å²) in [7, 11) is 3.64. The summed E-state index contributed by atoms with van der Waals surface area (Å²) in [5.74, 6) is 0.190. The molecular weight excluding hydrogens is 380 g/mol. The van der Waals surface area contributed by atoms with E-state index >= 15 is 0 Å². The number of rotatable bonds is 8. The Morgan fingerprint density at radius 1 is 1.13 bits per heavy atom. The van der Waals surface area contributed by atoms with Gasteiger partial charge in [0.05, 0.1) is 7.11 Å². The maximum Gasteiger partial charge on any atom is 0.349 e. The Hall–Kier alpha value is -3.12. The minimum absolute atomic E-state index is 0.0232. The number of hydrogen-bond donors (Lipinski definition) is 1. The van der Waals surface area contributed by atoms with Gasteiger partial charge in [-0.15, -0.1) is 0 Å². The standard InChI is InChI=1S/C24H28N2O4/c1-5-7-19-21(29-4)13-10-17-14-20(24(28)30-22(17)19)23(27)25-18-11-8-16(9-12-18)15-26(3)6-2/h8-14H,5-7,15H2,1-4H3,(H,25,27). The lowest BCUT2D eigenvalue weighted by Crippen LogP contribution is -2.21. The number of fused-ring (bicyclic) bond motifs is 1. The fraction of sp³-hybridized carbons (Fsp3) is 0.333. The Morgan fingerprint density at radius 2 is 1.87 bits per heavy atom. The van der Waals surface area contributed by atoms with Crippen molar-refractivity contribution >= 4 is 22.6 Å². The number of methoxy groups -OCH3 is 1. The number of anilines is 1. The van der Waals surface area contributed by atoms with Crippen LogP contribution in [-0.4, -0.2) is 31.5 Å². The van der Waals surface area contributed by atoms with Crippen molar-refractivity contribution in [1.82, 2.24) is 4.90 Å². The summed E-state index contributed by atoms with van der Waals surface area (Å²) in [6, 6.07) is 12.8. The van der Waals surface area contributed by atoms with Gasteiger partial charge in [0.1, 0.15) is 16.9 Å². The number of carbonyl (C=O) groups excluding carboxylic acids is 1. The smallest absolute Gasteiger partial charge is 0.349 e. The molecule has 1 amide bonds. The van der Waals surface area contributed by atoms with Gasteiger partial charge < -0.3 is 19.4 Å². The maximum atomic E-state index is 12.7. The second kappa shape index (κ2) is 9.59. The molecule has 0 saturated heterocycles. The van der Waals surface area contributed by atoms with Crippen molar-refractivity contribution < 1.29 is 13.9 Å². The summed E-state index contributed by atoms with van der Waals surface area (Å²) < 4.78 is 11.0. The molecule has 0 aliphatic heterocycles. The average molecular weight is 408 g/mol. The van der Waals surface area contributed by atoms with Crippen LogP contribution in [0.25, 0.3) is 11.0 Å². The summed E-state index contributed by atoms with van der Waals surface area (Å²) in [6.07, 6.45) is 1.60. The number of benzene rings is 2. The van der Waals surface area contributed by atoms with Crippen molar-refractivity contribution in [3.05, 3.63) is 69.6 Å². The van der Waals surface area contributed by atoms with Crippen LogP contribution in [-0.2, 0) is 13.0 Å². The molecule has 1 aromatic heterocycles. The number of amides is 1. The molecule has 1 heterocycles. The SMILES string of the molecule is CCCc1c(OC)ccc2cc(C(=O)Nc3ccc(CN(C)CC)cc3)c(=O)oc12.